The maximum absolute atomic E-state index is 11.5. The molecule has 0 radical (unpaired) electrons. The van der Waals surface area contributed by atoms with Gasteiger partial charge in [-0.1, -0.05) is 42.0 Å². The predicted molar refractivity (Wildman–Crippen MR) is 88.4 cm³/mol. The normalized spacial score (nSPS) is 16.6. The SMILES string of the molecule is Cc1cccc(C2C=C(C(=O)O)Nc3nc4ccccc4n32)c1. The van der Waals surface area contributed by atoms with Crippen molar-refractivity contribution >= 4 is 23.0 Å². The number of carbonyl (C=O) groups is 1. The fraction of sp³-hybridized carbons (Fsp3) is 0.111. The molecule has 0 aliphatic carbocycles. The molecular formula is C18H15N3O2. The van der Waals surface area contributed by atoms with E-state index in [1.807, 2.05) is 54.0 Å². The van der Waals surface area contributed by atoms with Crippen LogP contribution in [0.25, 0.3) is 11.0 Å². The van der Waals surface area contributed by atoms with Crippen LogP contribution < -0.4 is 5.32 Å². The third-order valence-corrected chi connectivity index (χ3v) is 4.06. The minimum Gasteiger partial charge on any atom is -0.477 e. The lowest BCUT2D eigenvalue weighted by molar-refractivity contribution is -0.132. The Morgan fingerprint density at radius 3 is 2.83 bits per heavy atom. The topological polar surface area (TPSA) is 67.2 Å². The predicted octanol–water partition coefficient (Wildman–Crippen LogP) is 3.33. The number of hydrogen-bond acceptors (Lipinski definition) is 3. The van der Waals surface area contributed by atoms with Crippen LogP contribution in [0.15, 0.2) is 60.3 Å². The molecule has 0 bridgehead atoms. The van der Waals surface area contributed by atoms with Crippen molar-refractivity contribution < 1.29 is 9.90 Å². The second-order valence-corrected chi connectivity index (χ2v) is 5.66. The van der Waals surface area contributed by atoms with Gasteiger partial charge in [-0.25, -0.2) is 9.78 Å². The van der Waals surface area contributed by atoms with Gasteiger partial charge in [0.05, 0.1) is 17.1 Å². The fourth-order valence-electron chi connectivity index (χ4n) is 3.03. The minimum atomic E-state index is -0.985. The summed E-state index contributed by atoms with van der Waals surface area (Å²) in [7, 11) is 0. The molecule has 1 unspecified atom stereocenters. The number of hydrogen-bond donors (Lipinski definition) is 2. The molecule has 23 heavy (non-hydrogen) atoms. The average molecular weight is 305 g/mol. The number of aryl methyl sites for hydroxylation is 1. The van der Waals surface area contributed by atoms with Gasteiger partial charge >= 0.3 is 5.97 Å². The Hall–Kier alpha value is -3.08. The third kappa shape index (κ3) is 2.17. The van der Waals surface area contributed by atoms with Crippen molar-refractivity contribution in [2.75, 3.05) is 5.32 Å². The van der Waals surface area contributed by atoms with E-state index in [-0.39, 0.29) is 11.7 Å². The summed E-state index contributed by atoms with van der Waals surface area (Å²) in [5.74, 6) is -0.432. The molecule has 0 saturated heterocycles. The number of aliphatic carboxylic acids is 1. The van der Waals surface area contributed by atoms with Gasteiger partial charge in [-0.2, -0.15) is 0 Å². The number of allylic oxidation sites excluding steroid dienone is 1. The molecule has 0 amide bonds. The molecule has 1 aliphatic rings. The summed E-state index contributed by atoms with van der Waals surface area (Å²) in [6.45, 7) is 2.03. The zero-order valence-electron chi connectivity index (χ0n) is 12.5. The molecule has 114 valence electrons. The Balaban J connectivity index is 1.98. The molecule has 5 nitrogen and oxygen atoms in total. The first-order chi connectivity index (χ1) is 11.1. The van der Waals surface area contributed by atoms with Crippen LogP contribution in [0.3, 0.4) is 0 Å². The Morgan fingerprint density at radius 1 is 1.22 bits per heavy atom. The van der Waals surface area contributed by atoms with Gasteiger partial charge in [0.2, 0.25) is 5.95 Å². The molecule has 3 aromatic rings. The van der Waals surface area contributed by atoms with Crippen LogP contribution in [0.2, 0.25) is 0 Å². The largest absolute Gasteiger partial charge is 0.477 e. The number of anilines is 1. The Labute approximate surface area is 132 Å². The number of carboxylic acids is 1. The number of nitrogens with one attached hydrogen (secondary N) is 1. The quantitative estimate of drug-likeness (QED) is 0.762. The van der Waals surface area contributed by atoms with Crippen molar-refractivity contribution in [2.45, 2.75) is 13.0 Å². The number of para-hydroxylation sites is 2. The van der Waals surface area contributed by atoms with Gasteiger partial charge in [-0.3, -0.25) is 4.57 Å². The van der Waals surface area contributed by atoms with E-state index in [4.69, 9.17) is 0 Å². The molecule has 0 spiro atoms. The summed E-state index contributed by atoms with van der Waals surface area (Å²) < 4.78 is 2.04. The van der Waals surface area contributed by atoms with Crippen LogP contribution >= 0.6 is 0 Å². The van der Waals surface area contributed by atoms with Crippen LogP contribution in [0.5, 0.6) is 0 Å². The first kappa shape index (κ1) is 13.6. The van der Waals surface area contributed by atoms with Crippen molar-refractivity contribution in [3.63, 3.8) is 0 Å². The van der Waals surface area contributed by atoms with E-state index in [0.717, 1.165) is 22.2 Å². The average Bonchev–Trinajstić information content (AvgIpc) is 2.92. The second kappa shape index (κ2) is 4.98. The number of rotatable bonds is 2. The molecule has 5 heteroatoms. The summed E-state index contributed by atoms with van der Waals surface area (Å²) >= 11 is 0. The summed E-state index contributed by atoms with van der Waals surface area (Å²) in [5, 5.41) is 12.3. The van der Waals surface area contributed by atoms with Gasteiger partial charge in [0.25, 0.3) is 0 Å². The van der Waals surface area contributed by atoms with E-state index >= 15 is 0 Å². The van der Waals surface area contributed by atoms with Crippen molar-refractivity contribution in [2.24, 2.45) is 0 Å². The Bertz CT molecular complexity index is 956. The van der Waals surface area contributed by atoms with Crippen LogP contribution in [0, 0.1) is 6.92 Å². The number of carboxylic acid groups (broad SMARTS) is 1. The molecule has 1 aromatic heterocycles. The first-order valence-electron chi connectivity index (χ1n) is 7.39. The molecule has 2 N–H and O–H groups in total. The molecule has 2 aromatic carbocycles. The Morgan fingerprint density at radius 2 is 2.04 bits per heavy atom. The molecule has 1 atom stereocenters. The second-order valence-electron chi connectivity index (χ2n) is 5.66. The van der Waals surface area contributed by atoms with E-state index in [2.05, 4.69) is 16.4 Å². The van der Waals surface area contributed by atoms with Crippen molar-refractivity contribution in [1.82, 2.24) is 9.55 Å². The molecule has 1 aliphatic heterocycles. The number of aromatic nitrogens is 2. The van der Waals surface area contributed by atoms with Gasteiger partial charge in [0.15, 0.2) is 0 Å². The molecule has 0 fully saturated rings. The molecule has 4 rings (SSSR count). The van der Waals surface area contributed by atoms with E-state index in [9.17, 15) is 9.90 Å². The Kier molecular flexibility index (Phi) is 2.94. The van der Waals surface area contributed by atoms with E-state index < -0.39 is 5.97 Å². The monoisotopic (exact) mass is 305 g/mol. The van der Waals surface area contributed by atoms with Crippen molar-refractivity contribution in [1.29, 1.82) is 0 Å². The molecular weight excluding hydrogens is 290 g/mol. The molecule has 0 saturated carbocycles. The van der Waals surface area contributed by atoms with Crippen molar-refractivity contribution in [3.8, 4) is 0 Å². The fourth-order valence-corrected chi connectivity index (χ4v) is 3.03. The van der Waals surface area contributed by atoms with Gasteiger partial charge in [0, 0.05) is 0 Å². The maximum Gasteiger partial charge on any atom is 0.352 e. The lowest BCUT2D eigenvalue weighted by Gasteiger charge is -2.25. The van der Waals surface area contributed by atoms with E-state index in [1.54, 1.807) is 6.08 Å². The standard InChI is InChI=1S/C18H15N3O2/c1-11-5-4-6-12(9-11)16-10-14(17(22)23)20-18-19-13-7-2-3-8-15(13)21(16)18/h2-10,16H,1H3,(H,19,20)(H,22,23). The highest BCUT2D eigenvalue weighted by atomic mass is 16.4. The number of nitrogens with zero attached hydrogens (tertiary/aromatic N) is 2. The smallest absolute Gasteiger partial charge is 0.352 e. The summed E-state index contributed by atoms with van der Waals surface area (Å²) in [5.41, 5.74) is 4.14. The highest BCUT2D eigenvalue weighted by Gasteiger charge is 2.27. The van der Waals surface area contributed by atoms with E-state index in [0.29, 0.717) is 5.95 Å². The first-order valence-corrected chi connectivity index (χ1v) is 7.39. The number of imidazole rings is 1. The highest BCUT2D eigenvalue weighted by molar-refractivity contribution is 5.92. The van der Waals surface area contributed by atoms with Crippen LogP contribution in [-0.4, -0.2) is 20.6 Å². The van der Waals surface area contributed by atoms with Crippen LogP contribution in [0.1, 0.15) is 17.2 Å². The van der Waals surface area contributed by atoms with Gasteiger partial charge in [-0.05, 0) is 30.7 Å². The maximum atomic E-state index is 11.5. The van der Waals surface area contributed by atoms with Crippen molar-refractivity contribution in [3.05, 3.63) is 71.4 Å². The lowest BCUT2D eigenvalue weighted by Crippen LogP contribution is -2.23. The zero-order chi connectivity index (χ0) is 16.0. The summed E-state index contributed by atoms with van der Waals surface area (Å²) in [6, 6.07) is 15.7. The zero-order valence-corrected chi connectivity index (χ0v) is 12.5. The number of benzene rings is 2. The summed E-state index contributed by atoms with van der Waals surface area (Å²) in [4.78, 5) is 16.0. The van der Waals surface area contributed by atoms with Gasteiger partial charge in [-0.15, -0.1) is 0 Å². The third-order valence-electron chi connectivity index (χ3n) is 4.06. The van der Waals surface area contributed by atoms with Gasteiger partial charge in [0.1, 0.15) is 5.70 Å². The lowest BCUT2D eigenvalue weighted by atomic mass is 10.0. The number of fused-ring (bicyclic) bond motifs is 3. The van der Waals surface area contributed by atoms with Gasteiger partial charge < -0.3 is 10.4 Å². The van der Waals surface area contributed by atoms with Crippen LogP contribution in [0.4, 0.5) is 5.95 Å². The summed E-state index contributed by atoms with van der Waals surface area (Å²) in [6.07, 6.45) is 1.73. The highest BCUT2D eigenvalue weighted by Crippen LogP contribution is 2.34. The minimum absolute atomic E-state index is 0.152. The molecule has 2 heterocycles. The van der Waals surface area contributed by atoms with E-state index in [1.165, 1.54) is 0 Å². The van der Waals surface area contributed by atoms with Crippen LogP contribution in [-0.2, 0) is 4.79 Å².